The van der Waals surface area contributed by atoms with E-state index in [1.54, 1.807) is 11.3 Å². The minimum Gasteiger partial charge on any atom is -0.370 e. The maximum Gasteiger partial charge on any atom is 0.191 e. The van der Waals surface area contributed by atoms with Crippen molar-refractivity contribution in [3.63, 3.8) is 0 Å². The lowest BCUT2D eigenvalue weighted by molar-refractivity contribution is 0.380. The summed E-state index contributed by atoms with van der Waals surface area (Å²) in [6.45, 7) is 6.72. The second kappa shape index (κ2) is 5.86. The molecule has 1 saturated heterocycles. The van der Waals surface area contributed by atoms with Crippen LogP contribution in [0.4, 0.5) is 5.13 Å². The molecule has 0 unspecified atom stereocenters. The van der Waals surface area contributed by atoms with Crippen LogP contribution in [0.1, 0.15) is 13.3 Å². The summed E-state index contributed by atoms with van der Waals surface area (Å²) in [6.07, 6.45) is 2.89. The van der Waals surface area contributed by atoms with Gasteiger partial charge in [0.1, 0.15) is 0 Å². The quantitative estimate of drug-likeness (QED) is 0.645. The molecule has 2 N–H and O–H groups in total. The Bertz CT molecular complexity index is 354. The molecule has 1 aromatic heterocycles. The van der Waals surface area contributed by atoms with Gasteiger partial charge < -0.3 is 15.5 Å². The Morgan fingerprint density at radius 3 is 2.82 bits per heavy atom. The Balaban J connectivity index is 1.86. The molecule has 0 aromatic carbocycles. The van der Waals surface area contributed by atoms with E-state index in [9.17, 15) is 0 Å². The maximum absolute atomic E-state index is 5.94. The van der Waals surface area contributed by atoms with Crippen LogP contribution in [0.15, 0.2) is 16.6 Å². The summed E-state index contributed by atoms with van der Waals surface area (Å²) in [5.74, 6) is 0.686. The van der Waals surface area contributed by atoms with Crippen molar-refractivity contribution in [2.45, 2.75) is 13.3 Å². The number of thiazole rings is 1. The van der Waals surface area contributed by atoms with Crippen molar-refractivity contribution >= 4 is 22.4 Å². The number of nitrogens with zero attached hydrogens (tertiary/aromatic N) is 4. The number of rotatable bonds is 3. The van der Waals surface area contributed by atoms with Crippen LogP contribution in [0.3, 0.4) is 0 Å². The number of aromatic nitrogens is 1. The molecule has 0 amide bonds. The zero-order valence-electron chi connectivity index (χ0n) is 10.2. The summed E-state index contributed by atoms with van der Waals surface area (Å²) < 4.78 is 0. The first-order chi connectivity index (χ1) is 8.31. The van der Waals surface area contributed by atoms with Crippen LogP contribution >= 0.6 is 11.3 Å². The fraction of sp³-hybridized carbons (Fsp3) is 0.636. The van der Waals surface area contributed by atoms with Crippen molar-refractivity contribution in [1.82, 2.24) is 9.88 Å². The minimum absolute atomic E-state index is 0.686. The molecule has 1 aliphatic rings. The molecule has 0 atom stereocenters. The monoisotopic (exact) mass is 253 g/mol. The summed E-state index contributed by atoms with van der Waals surface area (Å²) in [4.78, 5) is 13.1. The van der Waals surface area contributed by atoms with Crippen molar-refractivity contribution in [2.75, 3.05) is 37.6 Å². The molecule has 0 saturated carbocycles. The SMILES string of the molecule is CCCN=C(N)N1CCN(c2nccs2)CC1. The molecule has 94 valence electrons. The normalized spacial score (nSPS) is 17.6. The summed E-state index contributed by atoms with van der Waals surface area (Å²) in [5, 5.41) is 3.12. The van der Waals surface area contributed by atoms with Crippen molar-refractivity contribution in [3.8, 4) is 0 Å². The van der Waals surface area contributed by atoms with E-state index in [2.05, 4.69) is 26.7 Å². The van der Waals surface area contributed by atoms with E-state index in [1.165, 1.54) is 0 Å². The van der Waals surface area contributed by atoms with Crippen LogP contribution in [0, 0.1) is 0 Å². The first-order valence-corrected chi connectivity index (χ1v) is 6.88. The smallest absolute Gasteiger partial charge is 0.191 e. The van der Waals surface area contributed by atoms with Gasteiger partial charge in [0.15, 0.2) is 11.1 Å². The predicted octanol–water partition coefficient (Wildman–Crippen LogP) is 0.990. The van der Waals surface area contributed by atoms with Gasteiger partial charge in [-0.1, -0.05) is 6.92 Å². The highest BCUT2D eigenvalue weighted by Crippen LogP contribution is 2.18. The molecule has 17 heavy (non-hydrogen) atoms. The average molecular weight is 253 g/mol. The Morgan fingerprint density at radius 2 is 2.24 bits per heavy atom. The van der Waals surface area contributed by atoms with Crippen LogP contribution in [0.2, 0.25) is 0 Å². The van der Waals surface area contributed by atoms with Crippen molar-refractivity contribution in [2.24, 2.45) is 10.7 Å². The van der Waals surface area contributed by atoms with E-state index in [-0.39, 0.29) is 0 Å². The van der Waals surface area contributed by atoms with Gasteiger partial charge in [-0.25, -0.2) is 4.98 Å². The molecule has 0 spiro atoms. The van der Waals surface area contributed by atoms with Crippen molar-refractivity contribution in [3.05, 3.63) is 11.6 Å². The molecule has 0 radical (unpaired) electrons. The number of aliphatic imine (C=N–C) groups is 1. The van der Waals surface area contributed by atoms with Gasteiger partial charge in [0.2, 0.25) is 0 Å². The second-order valence-corrected chi connectivity index (χ2v) is 4.90. The van der Waals surface area contributed by atoms with Crippen LogP contribution in [0.25, 0.3) is 0 Å². The van der Waals surface area contributed by atoms with Gasteiger partial charge in [0.25, 0.3) is 0 Å². The highest BCUT2D eigenvalue weighted by Gasteiger charge is 2.19. The second-order valence-electron chi connectivity index (χ2n) is 4.03. The Labute approximate surface area is 106 Å². The standard InChI is InChI=1S/C11H19N5S/c1-2-3-13-10(12)15-5-7-16(8-6-15)11-14-4-9-17-11/h4,9H,2-3,5-8H2,1H3,(H2,12,13). The van der Waals surface area contributed by atoms with E-state index < -0.39 is 0 Å². The number of hydrogen-bond donors (Lipinski definition) is 1. The minimum atomic E-state index is 0.686. The topological polar surface area (TPSA) is 57.8 Å². The zero-order chi connectivity index (χ0) is 12.1. The predicted molar refractivity (Wildman–Crippen MR) is 72.7 cm³/mol. The van der Waals surface area contributed by atoms with E-state index in [4.69, 9.17) is 5.73 Å². The fourth-order valence-corrected chi connectivity index (χ4v) is 2.52. The van der Waals surface area contributed by atoms with Gasteiger partial charge in [-0.2, -0.15) is 0 Å². The van der Waals surface area contributed by atoms with Gasteiger partial charge in [-0.05, 0) is 6.42 Å². The number of hydrogen-bond acceptors (Lipinski definition) is 4. The molecule has 1 aromatic rings. The number of guanidine groups is 1. The lowest BCUT2D eigenvalue weighted by Gasteiger charge is -2.35. The largest absolute Gasteiger partial charge is 0.370 e. The van der Waals surface area contributed by atoms with Crippen molar-refractivity contribution < 1.29 is 0 Å². The fourth-order valence-electron chi connectivity index (χ4n) is 1.83. The third kappa shape index (κ3) is 3.09. The first-order valence-electron chi connectivity index (χ1n) is 6.00. The number of anilines is 1. The maximum atomic E-state index is 5.94. The van der Waals surface area contributed by atoms with Crippen LogP contribution in [-0.4, -0.2) is 48.6 Å². The highest BCUT2D eigenvalue weighted by atomic mass is 32.1. The van der Waals surface area contributed by atoms with Gasteiger partial charge in [-0.3, -0.25) is 4.99 Å². The highest BCUT2D eigenvalue weighted by molar-refractivity contribution is 7.13. The third-order valence-electron chi connectivity index (χ3n) is 2.79. The molecule has 0 bridgehead atoms. The summed E-state index contributed by atoms with van der Waals surface area (Å²) in [7, 11) is 0. The van der Waals surface area contributed by atoms with E-state index in [0.29, 0.717) is 5.96 Å². The first kappa shape index (κ1) is 12.2. The Hall–Kier alpha value is -1.30. The molecule has 0 aliphatic carbocycles. The average Bonchev–Trinajstić information content (AvgIpc) is 2.90. The molecular formula is C11H19N5S. The number of piperazine rings is 1. The zero-order valence-corrected chi connectivity index (χ0v) is 11.0. The molecule has 5 nitrogen and oxygen atoms in total. The van der Waals surface area contributed by atoms with Gasteiger partial charge >= 0.3 is 0 Å². The summed E-state index contributed by atoms with van der Waals surface area (Å²) in [6, 6.07) is 0. The van der Waals surface area contributed by atoms with Crippen LogP contribution < -0.4 is 10.6 Å². The molecule has 1 aliphatic heterocycles. The molecule has 2 heterocycles. The Kier molecular flexibility index (Phi) is 4.19. The van der Waals surface area contributed by atoms with Gasteiger partial charge in [-0.15, -0.1) is 11.3 Å². The molecular weight excluding hydrogens is 234 g/mol. The summed E-state index contributed by atoms with van der Waals surface area (Å²) in [5.41, 5.74) is 5.94. The molecule has 6 heteroatoms. The van der Waals surface area contributed by atoms with Crippen molar-refractivity contribution in [1.29, 1.82) is 0 Å². The molecule has 1 fully saturated rings. The molecule has 2 rings (SSSR count). The van der Waals surface area contributed by atoms with Gasteiger partial charge in [0.05, 0.1) is 0 Å². The van der Waals surface area contributed by atoms with E-state index in [1.807, 2.05) is 11.6 Å². The van der Waals surface area contributed by atoms with Crippen LogP contribution in [-0.2, 0) is 0 Å². The van der Waals surface area contributed by atoms with Gasteiger partial charge in [0, 0.05) is 44.3 Å². The van der Waals surface area contributed by atoms with Crippen LogP contribution in [0.5, 0.6) is 0 Å². The van der Waals surface area contributed by atoms with E-state index >= 15 is 0 Å². The summed E-state index contributed by atoms with van der Waals surface area (Å²) >= 11 is 1.69. The Morgan fingerprint density at radius 1 is 1.47 bits per heavy atom. The third-order valence-corrected chi connectivity index (χ3v) is 3.62. The number of nitrogens with two attached hydrogens (primary N) is 1. The lowest BCUT2D eigenvalue weighted by atomic mass is 10.3. The lowest BCUT2D eigenvalue weighted by Crippen LogP contribution is -2.51. The van der Waals surface area contributed by atoms with E-state index in [0.717, 1.165) is 44.3 Å².